The lowest BCUT2D eigenvalue weighted by molar-refractivity contribution is 0.492. The second kappa shape index (κ2) is 4.30. The number of nitrogens with two attached hydrogens (primary N) is 1. The van der Waals surface area contributed by atoms with E-state index in [1.54, 1.807) is 0 Å². The minimum atomic E-state index is 0.0742. The minimum absolute atomic E-state index is 0.0742. The van der Waals surface area contributed by atoms with E-state index in [9.17, 15) is 0 Å². The number of nitrogens with zero attached hydrogens (tertiary/aromatic N) is 1. The molecule has 0 bridgehead atoms. The van der Waals surface area contributed by atoms with Gasteiger partial charge in [0, 0.05) is 12.2 Å². The molecule has 0 radical (unpaired) electrons. The molecule has 2 nitrogen and oxygen atoms in total. The molecule has 2 atom stereocenters. The average Bonchev–Trinajstić information content (AvgIpc) is 2.40. The molecule has 86 valence electrons. The first kappa shape index (κ1) is 10.5. The van der Waals surface area contributed by atoms with Crippen molar-refractivity contribution in [3.05, 3.63) is 65.5 Å². The number of hydrogen-bond acceptors (Lipinski definition) is 2. The molecule has 1 aromatic carbocycles. The molecule has 1 aliphatic carbocycles. The zero-order valence-electron chi connectivity index (χ0n) is 9.71. The van der Waals surface area contributed by atoms with Gasteiger partial charge in [0.1, 0.15) is 0 Å². The van der Waals surface area contributed by atoms with Crippen molar-refractivity contribution in [3.8, 4) is 0 Å². The number of pyridine rings is 1. The van der Waals surface area contributed by atoms with Crippen molar-refractivity contribution in [1.82, 2.24) is 4.98 Å². The third-order valence-electron chi connectivity index (χ3n) is 3.55. The Kier molecular flexibility index (Phi) is 2.65. The zero-order chi connectivity index (χ0) is 11.7. The van der Waals surface area contributed by atoms with Crippen molar-refractivity contribution >= 4 is 0 Å². The van der Waals surface area contributed by atoms with Crippen LogP contribution in [0.3, 0.4) is 0 Å². The van der Waals surface area contributed by atoms with Crippen LogP contribution in [0.2, 0.25) is 0 Å². The van der Waals surface area contributed by atoms with Crippen LogP contribution >= 0.6 is 0 Å². The lowest BCUT2D eigenvalue weighted by Gasteiger charge is -2.28. The highest BCUT2D eigenvalue weighted by Crippen LogP contribution is 2.35. The molecular formula is C15H16N2. The van der Waals surface area contributed by atoms with Gasteiger partial charge in [-0.15, -0.1) is 0 Å². The van der Waals surface area contributed by atoms with Gasteiger partial charge >= 0.3 is 0 Å². The van der Waals surface area contributed by atoms with Crippen LogP contribution in [0.4, 0.5) is 0 Å². The maximum Gasteiger partial charge on any atom is 0.0603 e. The number of rotatable bonds is 1. The van der Waals surface area contributed by atoms with Gasteiger partial charge in [-0.3, -0.25) is 4.98 Å². The molecule has 0 aliphatic heterocycles. The van der Waals surface area contributed by atoms with Crippen molar-refractivity contribution in [3.63, 3.8) is 0 Å². The van der Waals surface area contributed by atoms with Crippen molar-refractivity contribution in [2.75, 3.05) is 0 Å². The Labute approximate surface area is 102 Å². The second-order valence-corrected chi connectivity index (χ2v) is 4.70. The van der Waals surface area contributed by atoms with E-state index in [4.69, 9.17) is 5.73 Å². The predicted molar refractivity (Wildman–Crippen MR) is 68.7 cm³/mol. The fourth-order valence-electron chi connectivity index (χ4n) is 2.70. The normalized spacial score (nSPS) is 23.1. The third kappa shape index (κ3) is 1.96. The Balaban J connectivity index is 1.94. The first-order chi connectivity index (χ1) is 8.34. The number of benzene rings is 1. The molecule has 1 aliphatic rings. The van der Waals surface area contributed by atoms with E-state index in [2.05, 4.69) is 41.4 Å². The summed E-state index contributed by atoms with van der Waals surface area (Å²) in [6.45, 7) is 0. The van der Waals surface area contributed by atoms with Gasteiger partial charge in [-0.05, 0) is 36.0 Å². The van der Waals surface area contributed by atoms with Gasteiger partial charge in [0.05, 0.1) is 5.69 Å². The van der Waals surface area contributed by atoms with E-state index in [0.29, 0.717) is 5.92 Å². The van der Waals surface area contributed by atoms with E-state index in [0.717, 1.165) is 18.5 Å². The maximum atomic E-state index is 6.21. The maximum absolute atomic E-state index is 6.21. The summed E-state index contributed by atoms with van der Waals surface area (Å²) >= 11 is 0. The Hall–Kier alpha value is -1.67. The molecule has 0 spiro atoms. The lowest BCUT2D eigenvalue weighted by Crippen LogP contribution is -2.24. The minimum Gasteiger partial charge on any atom is -0.323 e. The van der Waals surface area contributed by atoms with Gasteiger partial charge in [0.15, 0.2) is 0 Å². The van der Waals surface area contributed by atoms with Crippen LogP contribution in [0, 0.1) is 0 Å². The molecule has 2 aromatic rings. The van der Waals surface area contributed by atoms with Crippen LogP contribution in [-0.4, -0.2) is 4.98 Å². The molecular weight excluding hydrogens is 208 g/mol. The molecule has 1 aromatic heterocycles. The molecule has 17 heavy (non-hydrogen) atoms. The lowest BCUT2D eigenvalue weighted by atomic mass is 9.80. The van der Waals surface area contributed by atoms with Crippen molar-refractivity contribution in [1.29, 1.82) is 0 Å². The third-order valence-corrected chi connectivity index (χ3v) is 3.55. The van der Waals surface area contributed by atoms with Crippen molar-refractivity contribution < 1.29 is 0 Å². The van der Waals surface area contributed by atoms with E-state index >= 15 is 0 Å². The van der Waals surface area contributed by atoms with Gasteiger partial charge < -0.3 is 5.73 Å². The van der Waals surface area contributed by atoms with Crippen LogP contribution in [-0.2, 0) is 6.42 Å². The van der Waals surface area contributed by atoms with Crippen LogP contribution in [0.5, 0.6) is 0 Å². The van der Waals surface area contributed by atoms with Crippen LogP contribution in [0.15, 0.2) is 48.7 Å². The van der Waals surface area contributed by atoms with Crippen LogP contribution in [0.1, 0.15) is 35.2 Å². The van der Waals surface area contributed by atoms with Crippen LogP contribution in [0.25, 0.3) is 0 Å². The zero-order valence-corrected chi connectivity index (χ0v) is 9.71. The molecule has 0 saturated carbocycles. The Morgan fingerprint density at radius 1 is 1.06 bits per heavy atom. The van der Waals surface area contributed by atoms with Gasteiger partial charge in [-0.2, -0.15) is 0 Å². The van der Waals surface area contributed by atoms with Crippen molar-refractivity contribution in [2.24, 2.45) is 5.73 Å². The SMILES string of the molecule is NC1CC(c2ccccc2)Cc2cccnc21. The highest BCUT2D eigenvalue weighted by atomic mass is 14.8. The Bertz CT molecular complexity index is 507. The van der Waals surface area contributed by atoms with Gasteiger partial charge in [0.25, 0.3) is 0 Å². The Morgan fingerprint density at radius 3 is 2.71 bits per heavy atom. The topological polar surface area (TPSA) is 38.9 Å². The molecule has 0 fully saturated rings. The first-order valence-corrected chi connectivity index (χ1v) is 6.09. The summed E-state index contributed by atoms with van der Waals surface area (Å²) in [7, 11) is 0. The molecule has 3 rings (SSSR count). The van der Waals surface area contributed by atoms with Gasteiger partial charge in [-0.1, -0.05) is 36.4 Å². The van der Waals surface area contributed by atoms with Crippen molar-refractivity contribution in [2.45, 2.75) is 24.8 Å². The van der Waals surface area contributed by atoms with E-state index in [1.165, 1.54) is 11.1 Å². The molecule has 1 heterocycles. The summed E-state index contributed by atoms with van der Waals surface area (Å²) < 4.78 is 0. The number of aromatic nitrogens is 1. The van der Waals surface area contributed by atoms with E-state index < -0.39 is 0 Å². The highest BCUT2D eigenvalue weighted by molar-refractivity contribution is 5.31. The largest absolute Gasteiger partial charge is 0.323 e. The highest BCUT2D eigenvalue weighted by Gasteiger charge is 2.26. The fourth-order valence-corrected chi connectivity index (χ4v) is 2.70. The second-order valence-electron chi connectivity index (χ2n) is 4.70. The summed E-state index contributed by atoms with van der Waals surface area (Å²) in [6.07, 6.45) is 3.89. The van der Waals surface area contributed by atoms with Crippen LogP contribution < -0.4 is 5.73 Å². The van der Waals surface area contributed by atoms with E-state index in [1.807, 2.05) is 12.3 Å². The fraction of sp³-hybridized carbons (Fsp3) is 0.267. The van der Waals surface area contributed by atoms with Gasteiger partial charge in [0.2, 0.25) is 0 Å². The van der Waals surface area contributed by atoms with Gasteiger partial charge in [-0.25, -0.2) is 0 Å². The average molecular weight is 224 g/mol. The summed E-state index contributed by atoms with van der Waals surface area (Å²) in [6, 6.07) is 14.9. The molecule has 2 unspecified atom stereocenters. The molecule has 2 N–H and O–H groups in total. The molecule has 0 amide bonds. The quantitative estimate of drug-likeness (QED) is 0.809. The summed E-state index contributed by atoms with van der Waals surface area (Å²) in [5.41, 5.74) is 9.99. The monoisotopic (exact) mass is 224 g/mol. The molecule has 0 saturated heterocycles. The predicted octanol–water partition coefficient (Wildman–Crippen LogP) is 2.81. The number of hydrogen-bond donors (Lipinski definition) is 1. The summed E-state index contributed by atoms with van der Waals surface area (Å²) in [5, 5.41) is 0. The number of fused-ring (bicyclic) bond motifs is 1. The van der Waals surface area contributed by atoms with E-state index in [-0.39, 0.29) is 6.04 Å². The first-order valence-electron chi connectivity index (χ1n) is 6.09. The Morgan fingerprint density at radius 2 is 1.88 bits per heavy atom. The summed E-state index contributed by atoms with van der Waals surface area (Å²) in [5.74, 6) is 0.530. The standard InChI is InChI=1S/C15H16N2/c16-14-10-13(11-5-2-1-3-6-11)9-12-7-4-8-17-15(12)14/h1-8,13-14H,9-10,16H2. The smallest absolute Gasteiger partial charge is 0.0603 e. The summed E-state index contributed by atoms with van der Waals surface area (Å²) in [4.78, 5) is 4.40. The molecule has 2 heteroatoms.